The molecule has 0 aliphatic heterocycles. The fourth-order valence-corrected chi connectivity index (χ4v) is 2.80. The van der Waals surface area contributed by atoms with Crippen molar-refractivity contribution in [2.45, 2.75) is 6.54 Å². The number of aromatic nitrogens is 4. The van der Waals surface area contributed by atoms with Gasteiger partial charge in [0.05, 0.1) is 5.69 Å². The minimum absolute atomic E-state index is 0.0658. The molecule has 1 amide bonds. The first-order chi connectivity index (χ1) is 14.8. The quantitative estimate of drug-likeness (QED) is 0.302. The zero-order valence-corrected chi connectivity index (χ0v) is 15.4. The minimum Gasteiger partial charge on any atom is -0.477 e. The van der Waals surface area contributed by atoms with Gasteiger partial charge in [0, 0.05) is 12.6 Å². The lowest BCUT2D eigenvalue weighted by atomic mass is 10.1. The van der Waals surface area contributed by atoms with Crippen molar-refractivity contribution in [1.82, 2.24) is 24.9 Å². The molecule has 0 fully saturated rings. The van der Waals surface area contributed by atoms with Crippen LogP contribution in [0.3, 0.4) is 0 Å². The molecule has 4 aromatic rings. The first-order valence-electron chi connectivity index (χ1n) is 8.62. The fourth-order valence-electron chi connectivity index (χ4n) is 2.80. The molecule has 2 heterocycles. The van der Waals surface area contributed by atoms with Crippen LogP contribution in [0, 0.1) is 5.82 Å². The average molecular weight is 425 g/mol. The third-order valence-corrected chi connectivity index (χ3v) is 4.39. The van der Waals surface area contributed by atoms with Crippen molar-refractivity contribution in [1.29, 1.82) is 0 Å². The molecule has 0 saturated heterocycles. The van der Waals surface area contributed by atoms with Crippen LogP contribution in [0.1, 0.15) is 26.5 Å². The molecule has 0 radical (unpaired) electrons. The highest BCUT2D eigenvalue weighted by Crippen LogP contribution is 2.22. The lowest BCUT2D eigenvalue weighted by molar-refractivity contribution is 0.0687. The van der Waals surface area contributed by atoms with Crippen LogP contribution in [0.2, 0.25) is 0 Å². The number of anilines is 3. The van der Waals surface area contributed by atoms with Crippen molar-refractivity contribution in [3.63, 3.8) is 0 Å². The topological polar surface area (TPSA) is 182 Å². The number of benzene rings is 1. The predicted molar refractivity (Wildman–Crippen MR) is 104 cm³/mol. The third kappa shape index (κ3) is 3.43. The third-order valence-electron chi connectivity index (χ3n) is 4.39. The number of carbonyl (C=O) groups excluding carboxylic acids is 1. The molecule has 4 rings (SSSR count). The number of hydrogen-bond donors (Lipinski definition) is 4. The highest BCUT2D eigenvalue weighted by atomic mass is 19.1. The summed E-state index contributed by atoms with van der Waals surface area (Å²) in [5.74, 6) is -2.78. The number of nitrogen functional groups attached to an aromatic ring is 1. The van der Waals surface area contributed by atoms with E-state index in [1.807, 2.05) is 0 Å². The minimum atomic E-state index is -1.32. The van der Waals surface area contributed by atoms with Gasteiger partial charge >= 0.3 is 5.97 Å². The van der Waals surface area contributed by atoms with E-state index < -0.39 is 28.6 Å². The maximum Gasteiger partial charge on any atom is 0.354 e. The van der Waals surface area contributed by atoms with Crippen LogP contribution in [0.15, 0.2) is 40.2 Å². The normalized spacial score (nSPS) is 11.0. The van der Waals surface area contributed by atoms with Crippen LogP contribution in [0.25, 0.3) is 5.78 Å². The van der Waals surface area contributed by atoms with Crippen molar-refractivity contribution < 1.29 is 19.1 Å². The van der Waals surface area contributed by atoms with Gasteiger partial charge in [-0.1, -0.05) is 6.07 Å². The Balaban J connectivity index is 1.52. The van der Waals surface area contributed by atoms with Gasteiger partial charge in [0.15, 0.2) is 5.69 Å². The van der Waals surface area contributed by atoms with Crippen LogP contribution >= 0.6 is 0 Å². The fraction of sp³-hybridized carbons (Fsp3) is 0.0556. The van der Waals surface area contributed by atoms with Gasteiger partial charge in [-0.25, -0.2) is 14.2 Å². The summed E-state index contributed by atoms with van der Waals surface area (Å²) in [7, 11) is 0. The van der Waals surface area contributed by atoms with E-state index in [1.54, 1.807) is 0 Å². The van der Waals surface area contributed by atoms with Gasteiger partial charge in [-0.05, 0) is 17.7 Å². The molecule has 0 aliphatic carbocycles. The maximum absolute atomic E-state index is 14.1. The molecule has 156 valence electrons. The summed E-state index contributed by atoms with van der Waals surface area (Å²) in [6, 6.07) is 4.87. The van der Waals surface area contributed by atoms with Gasteiger partial charge in [-0.15, -0.1) is 0 Å². The van der Waals surface area contributed by atoms with Crippen LogP contribution in [-0.2, 0) is 6.54 Å². The van der Waals surface area contributed by atoms with Gasteiger partial charge < -0.3 is 21.5 Å². The summed E-state index contributed by atoms with van der Waals surface area (Å²) in [5, 5.41) is 18.0. The van der Waals surface area contributed by atoms with Crippen molar-refractivity contribution in [2.24, 2.45) is 0 Å². The molecule has 31 heavy (non-hydrogen) atoms. The molecule has 0 unspecified atom stereocenters. The van der Waals surface area contributed by atoms with Crippen molar-refractivity contribution in [2.75, 3.05) is 11.1 Å². The van der Waals surface area contributed by atoms with Gasteiger partial charge in [0.2, 0.25) is 0 Å². The number of aromatic carboxylic acids is 1. The molecule has 0 aliphatic rings. The molecule has 0 atom stereocenters. The number of carboxylic acid groups (broad SMARTS) is 1. The number of nitrogens with two attached hydrogens (primary N) is 1. The predicted octanol–water partition coefficient (Wildman–Crippen LogP) is -0.187. The summed E-state index contributed by atoms with van der Waals surface area (Å²) in [6.45, 7) is -0.0723. The summed E-state index contributed by atoms with van der Waals surface area (Å²) in [5.41, 5.74) is 3.09. The van der Waals surface area contributed by atoms with E-state index in [9.17, 15) is 28.7 Å². The number of halogens is 1. The van der Waals surface area contributed by atoms with Crippen LogP contribution in [0.5, 0.6) is 0 Å². The van der Waals surface area contributed by atoms with Gasteiger partial charge in [0.1, 0.15) is 29.2 Å². The van der Waals surface area contributed by atoms with Gasteiger partial charge in [-0.2, -0.15) is 14.6 Å². The monoisotopic (exact) mass is 425 g/mol. The van der Waals surface area contributed by atoms with E-state index in [0.29, 0.717) is 5.56 Å². The van der Waals surface area contributed by atoms with Crippen LogP contribution in [0.4, 0.5) is 21.5 Å². The standard InChI is InChI=1S/C18H12FN7O5/c19-8-2-1-7(3-9(8)24-13-12(20)14(27)15(13)28)5-21-16(29)10-4-11(17(30)31)26-18(25-10)22-6-23-26/h1-4,6,24H,5,20H2,(H,21,29)(H,30,31). The Morgan fingerprint density at radius 2 is 1.97 bits per heavy atom. The lowest BCUT2D eigenvalue weighted by Crippen LogP contribution is -2.36. The molecular weight excluding hydrogens is 413 g/mol. The Kier molecular flexibility index (Phi) is 4.62. The number of fused-ring (bicyclic) bond motifs is 1. The van der Waals surface area contributed by atoms with Gasteiger partial charge in [-0.3, -0.25) is 14.4 Å². The molecule has 13 heteroatoms. The Morgan fingerprint density at radius 1 is 1.19 bits per heavy atom. The van der Waals surface area contributed by atoms with E-state index in [4.69, 9.17) is 5.73 Å². The van der Waals surface area contributed by atoms with E-state index in [0.717, 1.165) is 23.0 Å². The zero-order chi connectivity index (χ0) is 22.3. The summed E-state index contributed by atoms with van der Waals surface area (Å²) < 4.78 is 15.0. The van der Waals surface area contributed by atoms with Crippen molar-refractivity contribution >= 4 is 34.7 Å². The Bertz CT molecular complexity index is 1440. The smallest absolute Gasteiger partial charge is 0.354 e. The van der Waals surface area contributed by atoms with Crippen molar-refractivity contribution in [3.05, 3.63) is 73.8 Å². The van der Waals surface area contributed by atoms with E-state index >= 15 is 0 Å². The number of carboxylic acids is 1. The van der Waals surface area contributed by atoms with Crippen LogP contribution < -0.4 is 27.2 Å². The molecule has 0 saturated carbocycles. The van der Waals surface area contributed by atoms with E-state index in [1.165, 1.54) is 12.1 Å². The highest BCUT2D eigenvalue weighted by molar-refractivity contribution is 5.95. The molecule has 5 N–H and O–H groups in total. The highest BCUT2D eigenvalue weighted by Gasteiger charge is 2.20. The summed E-state index contributed by atoms with van der Waals surface area (Å²) in [6.07, 6.45) is 1.10. The van der Waals surface area contributed by atoms with Crippen molar-refractivity contribution in [3.8, 4) is 0 Å². The Labute approximate surface area is 170 Å². The molecule has 0 spiro atoms. The molecular formula is C18H12FN7O5. The second-order valence-corrected chi connectivity index (χ2v) is 6.37. The average Bonchev–Trinajstić information content (AvgIpc) is 3.24. The molecule has 2 aromatic heterocycles. The number of rotatable bonds is 6. The second-order valence-electron chi connectivity index (χ2n) is 6.37. The maximum atomic E-state index is 14.1. The zero-order valence-electron chi connectivity index (χ0n) is 15.4. The number of carbonyl (C=O) groups is 2. The van der Waals surface area contributed by atoms with Gasteiger partial charge in [0.25, 0.3) is 22.5 Å². The lowest BCUT2D eigenvalue weighted by Gasteiger charge is -2.12. The number of hydrogen-bond acceptors (Lipinski definition) is 9. The molecule has 12 nitrogen and oxygen atoms in total. The summed E-state index contributed by atoms with van der Waals surface area (Å²) >= 11 is 0. The first-order valence-corrected chi connectivity index (χ1v) is 8.62. The Morgan fingerprint density at radius 3 is 2.68 bits per heavy atom. The van der Waals surface area contributed by atoms with E-state index in [-0.39, 0.29) is 40.8 Å². The number of amides is 1. The molecule has 2 aromatic carbocycles. The summed E-state index contributed by atoms with van der Waals surface area (Å²) in [4.78, 5) is 54.3. The largest absolute Gasteiger partial charge is 0.477 e. The van der Waals surface area contributed by atoms with Crippen LogP contribution in [-0.4, -0.2) is 36.6 Å². The first kappa shape index (κ1) is 19.6. The second kappa shape index (κ2) is 7.29. The van der Waals surface area contributed by atoms with E-state index in [2.05, 4.69) is 25.7 Å². The number of nitrogens with one attached hydrogen (secondary N) is 2. The SMILES string of the molecule is Nc1c(Nc2cc(CNC(=O)c3cc(C(=O)O)n4ncnc4n3)ccc2F)c(=O)c1=O. The number of nitrogens with zero attached hydrogens (tertiary/aromatic N) is 4. The Hall–Kier alpha value is -4.68. The molecule has 0 bridgehead atoms.